The average molecular weight is 513 g/mol. The van der Waals surface area contributed by atoms with Crippen LogP contribution in [0.4, 0.5) is 18.9 Å². The number of anilines is 1. The quantitative estimate of drug-likeness (QED) is 0.225. The highest BCUT2D eigenvalue weighted by molar-refractivity contribution is 7.92. The van der Waals surface area contributed by atoms with Gasteiger partial charge in [-0.3, -0.25) is 4.79 Å². The zero-order valence-corrected chi connectivity index (χ0v) is 19.3. The molecule has 2 aliphatic carbocycles. The average Bonchev–Trinajstić information content (AvgIpc) is 3.07. The van der Waals surface area contributed by atoms with E-state index in [1.54, 1.807) is 0 Å². The van der Waals surface area contributed by atoms with E-state index in [-0.39, 0.29) is 38.9 Å². The van der Waals surface area contributed by atoms with Gasteiger partial charge in [-0.15, -0.1) is 0 Å². The van der Waals surface area contributed by atoms with Crippen molar-refractivity contribution in [3.05, 3.63) is 68.8 Å². The Morgan fingerprint density at radius 3 is 2.32 bits per heavy atom. The van der Waals surface area contributed by atoms with Crippen molar-refractivity contribution in [1.29, 1.82) is 0 Å². The molecule has 12 heteroatoms. The molecule has 2 fully saturated rings. The monoisotopic (exact) mass is 512 g/mol. The second-order valence-electron chi connectivity index (χ2n) is 8.71. The third-order valence-corrected chi connectivity index (χ3v) is 9.49. The van der Waals surface area contributed by atoms with Gasteiger partial charge in [0, 0.05) is 34.8 Å². The van der Waals surface area contributed by atoms with Gasteiger partial charge >= 0.3 is 0 Å². The largest absolute Gasteiger partial charge is 0.322 e. The van der Waals surface area contributed by atoms with Crippen LogP contribution in [0.25, 0.3) is 10.4 Å². The minimum Gasteiger partial charge on any atom is -0.322 e. The maximum absolute atomic E-state index is 13.6. The molecule has 4 atom stereocenters. The second-order valence-corrected chi connectivity index (χ2v) is 11.2. The molecule has 2 bridgehead atoms. The van der Waals surface area contributed by atoms with E-state index < -0.39 is 38.4 Å². The molecule has 2 saturated carbocycles. The Hall–Kier alpha value is -2.75. The normalized spacial score (nSPS) is 23.9. The van der Waals surface area contributed by atoms with Gasteiger partial charge in [0.25, 0.3) is 5.91 Å². The van der Waals surface area contributed by atoms with Crippen LogP contribution in [0.2, 0.25) is 5.02 Å². The standard InChI is InChI=1S/C22H20ClF3N4O3S/c23-16-4-3-14(22(31)29-15-8-17(24)20(26)18(25)9-15)7-19(16)34(32,33)21-12-1-2-13(21)6-11(5-12)10-28-30-27/h3-4,7-9,11-13,21H,1-2,5-6,10H2,(H,29,31)/t11?,12-,13?,21?/m0/s1. The van der Waals surface area contributed by atoms with E-state index in [9.17, 15) is 26.4 Å². The highest BCUT2D eigenvalue weighted by Crippen LogP contribution is 2.50. The van der Waals surface area contributed by atoms with Gasteiger partial charge in [-0.2, -0.15) is 0 Å². The minimum atomic E-state index is -3.91. The highest BCUT2D eigenvalue weighted by atomic mass is 35.5. The van der Waals surface area contributed by atoms with Crippen molar-refractivity contribution in [3.63, 3.8) is 0 Å². The van der Waals surface area contributed by atoms with Crippen molar-refractivity contribution in [1.82, 2.24) is 0 Å². The number of amides is 1. The van der Waals surface area contributed by atoms with Crippen molar-refractivity contribution in [2.75, 3.05) is 11.9 Å². The first kappa shape index (κ1) is 24.4. The number of fused-ring (bicyclic) bond motifs is 2. The lowest BCUT2D eigenvalue weighted by molar-refractivity contribution is 0.102. The zero-order chi connectivity index (χ0) is 24.6. The van der Waals surface area contributed by atoms with Crippen molar-refractivity contribution >= 4 is 33.0 Å². The summed E-state index contributed by atoms with van der Waals surface area (Å²) in [6.45, 7) is 0.331. The molecule has 180 valence electrons. The van der Waals surface area contributed by atoms with Crippen molar-refractivity contribution in [2.45, 2.75) is 35.8 Å². The molecule has 2 aliphatic rings. The summed E-state index contributed by atoms with van der Waals surface area (Å²) in [6.07, 6.45) is 2.72. The molecule has 1 amide bonds. The molecule has 3 unspecified atom stereocenters. The first-order chi connectivity index (χ1) is 16.1. The van der Waals surface area contributed by atoms with Crippen LogP contribution in [-0.4, -0.2) is 26.1 Å². The van der Waals surface area contributed by atoms with Gasteiger partial charge in [-0.05, 0) is 67.2 Å². The summed E-state index contributed by atoms with van der Waals surface area (Å²) in [4.78, 5) is 15.2. The molecule has 0 saturated heterocycles. The van der Waals surface area contributed by atoms with Gasteiger partial charge in [-0.25, -0.2) is 21.6 Å². The number of azide groups is 1. The van der Waals surface area contributed by atoms with Crippen LogP contribution in [0.3, 0.4) is 0 Å². The number of hydrogen-bond donors (Lipinski definition) is 1. The molecular weight excluding hydrogens is 493 g/mol. The molecule has 4 rings (SSSR count). The molecule has 0 radical (unpaired) electrons. The topological polar surface area (TPSA) is 112 Å². The smallest absolute Gasteiger partial charge is 0.255 e. The molecule has 7 nitrogen and oxygen atoms in total. The molecule has 0 spiro atoms. The maximum Gasteiger partial charge on any atom is 0.255 e. The van der Waals surface area contributed by atoms with Crippen LogP contribution in [0.15, 0.2) is 40.3 Å². The Kier molecular flexibility index (Phi) is 6.80. The van der Waals surface area contributed by atoms with E-state index in [0.717, 1.165) is 18.9 Å². The molecule has 0 aromatic heterocycles. The number of carbonyl (C=O) groups excluding carboxylic acids is 1. The molecule has 2 aromatic carbocycles. The lowest BCUT2D eigenvalue weighted by Crippen LogP contribution is -2.38. The number of hydrogen-bond acceptors (Lipinski definition) is 4. The zero-order valence-electron chi connectivity index (χ0n) is 17.7. The Balaban J connectivity index is 1.59. The summed E-state index contributed by atoms with van der Waals surface area (Å²) in [5.74, 6) is -5.53. The molecular formula is C22H20ClF3N4O3S. The van der Waals surface area contributed by atoms with Gasteiger partial charge in [0.2, 0.25) is 0 Å². The minimum absolute atomic E-state index is 0.0361. The first-order valence-electron chi connectivity index (χ1n) is 10.6. The number of rotatable bonds is 6. The molecule has 0 aliphatic heterocycles. The maximum atomic E-state index is 13.6. The number of halogens is 4. The molecule has 34 heavy (non-hydrogen) atoms. The predicted molar refractivity (Wildman–Crippen MR) is 120 cm³/mol. The van der Waals surface area contributed by atoms with E-state index in [2.05, 4.69) is 15.3 Å². The van der Waals surface area contributed by atoms with E-state index in [0.29, 0.717) is 31.5 Å². The van der Waals surface area contributed by atoms with E-state index in [1.807, 2.05) is 0 Å². The molecule has 2 aromatic rings. The summed E-state index contributed by atoms with van der Waals surface area (Å²) in [7, 11) is -3.91. The summed E-state index contributed by atoms with van der Waals surface area (Å²) >= 11 is 6.23. The predicted octanol–water partition coefficient (Wildman–Crippen LogP) is 5.90. The van der Waals surface area contributed by atoms with Gasteiger partial charge < -0.3 is 5.32 Å². The molecule has 1 N–H and O–H groups in total. The van der Waals surface area contributed by atoms with Crippen molar-refractivity contribution in [3.8, 4) is 0 Å². The number of benzene rings is 2. The Morgan fingerprint density at radius 1 is 1.12 bits per heavy atom. The summed E-state index contributed by atoms with van der Waals surface area (Å²) in [5, 5.41) is 5.17. The van der Waals surface area contributed by atoms with E-state index >= 15 is 0 Å². The fraction of sp³-hybridized carbons (Fsp3) is 0.409. The number of carbonyl (C=O) groups is 1. The van der Waals surface area contributed by atoms with Crippen molar-refractivity contribution < 1.29 is 26.4 Å². The lowest BCUT2D eigenvalue weighted by atomic mass is 9.80. The number of nitrogens with one attached hydrogen (secondary N) is 1. The van der Waals surface area contributed by atoms with Crippen LogP contribution in [0, 0.1) is 35.2 Å². The van der Waals surface area contributed by atoms with Gasteiger partial charge in [0.05, 0.1) is 15.2 Å². The van der Waals surface area contributed by atoms with Gasteiger partial charge in [0.1, 0.15) is 0 Å². The molecule has 0 heterocycles. The van der Waals surface area contributed by atoms with Crippen molar-refractivity contribution in [2.24, 2.45) is 22.9 Å². The number of sulfone groups is 1. The van der Waals surface area contributed by atoms with Gasteiger partial charge in [0.15, 0.2) is 27.3 Å². The third kappa shape index (κ3) is 4.60. The SMILES string of the molecule is [N-]=[N+]=NCC1CC2CC[C@@H](C1)C2S(=O)(=O)c1cc(C(=O)Nc2cc(F)c(F)c(F)c2)ccc1Cl. The summed E-state index contributed by atoms with van der Waals surface area (Å²) in [5.41, 5.74) is 8.16. The van der Waals surface area contributed by atoms with Crippen LogP contribution in [0.5, 0.6) is 0 Å². The van der Waals surface area contributed by atoms with E-state index in [4.69, 9.17) is 17.1 Å². The highest BCUT2D eigenvalue weighted by Gasteiger charge is 2.49. The van der Waals surface area contributed by atoms with Crippen LogP contribution in [0.1, 0.15) is 36.0 Å². The van der Waals surface area contributed by atoms with Gasteiger partial charge in [-0.1, -0.05) is 16.7 Å². The second kappa shape index (κ2) is 9.48. The first-order valence-corrected chi connectivity index (χ1v) is 12.5. The fourth-order valence-corrected chi connectivity index (χ4v) is 8.12. The lowest BCUT2D eigenvalue weighted by Gasteiger charge is -2.34. The summed E-state index contributed by atoms with van der Waals surface area (Å²) < 4.78 is 67.3. The fourth-order valence-electron chi connectivity index (χ4n) is 5.25. The third-order valence-electron chi connectivity index (χ3n) is 6.61. The number of nitrogens with zero attached hydrogens (tertiary/aromatic N) is 3. The van der Waals surface area contributed by atoms with Crippen LogP contribution in [-0.2, 0) is 9.84 Å². The Labute approximate surface area is 198 Å². The Morgan fingerprint density at radius 2 is 1.74 bits per heavy atom. The van der Waals surface area contributed by atoms with E-state index in [1.165, 1.54) is 12.1 Å². The Bertz CT molecular complexity index is 1260. The van der Waals surface area contributed by atoms with Crippen LogP contribution >= 0.6 is 11.6 Å². The van der Waals surface area contributed by atoms with Crippen LogP contribution < -0.4 is 5.32 Å². The summed E-state index contributed by atoms with van der Waals surface area (Å²) in [6, 6.07) is 4.96.